The first-order valence-electron chi connectivity index (χ1n) is 7.49. The first-order chi connectivity index (χ1) is 11.8. The molecule has 0 saturated carbocycles. The number of ether oxygens (including phenoxy) is 1. The number of carbonyl (C=O) groups excluding carboxylic acids is 1. The van der Waals surface area contributed by atoms with Crippen molar-refractivity contribution < 1.29 is 38.1 Å². The van der Waals surface area contributed by atoms with Crippen LogP contribution < -0.4 is 40.0 Å². The molecule has 0 aliphatic carbocycles. The van der Waals surface area contributed by atoms with Crippen molar-refractivity contribution >= 4 is 40.2 Å². The topological polar surface area (TPSA) is 113 Å². The zero-order chi connectivity index (χ0) is 18.3. The molecule has 26 heavy (non-hydrogen) atoms. The number of nitrogens with zero attached hydrogens (tertiary/aromatic N) is 4. The Morgan fingerprint density at radius 3 is 2.69 bits per heavy atom. The summed E-state index contributed by atoms with van der Waals surface area (Å²) >= 11 is 5.80. The summed E-state index contributed by atoms with van der Waals surface area (Å²) in [6.45, 7) is 2.07. The number of fused-ring (bicyclic) bond motifs is 1. The van der Waals surface area contributed by atoms with E-state index < -0.39 is 5.97 Å². The number of imidazole rings is 1. The fourth-order valence-electron chi connectivity index (χ4n) is 2.67. The maximum atomic E-state index is 12.3. The van der Waals surface area contributed by atoms with Crippen molar-refractivity contribution in [2.75, 3.05) is 11.5 Å². The molecule has 0 aliphatic heterocycles. The summed E-state index contributed by atoms with van der Waals surface area (Å²) in [7, 11) is 3.83. The van der Waals surface area contributed by atoms with E-state index in [4.69, 9.17) is 27.8 Å². The second-order valence-corrected chi connectivity index (χ2v) is 6.09. The van der Waals surface area contributed by atoms with Crippen molar-refractivity contribution in [3.63, 3.8) is 0 Å². The van der Waals surface area contributed by atoms with Gasteiger partial charge in [-0.15, -0.1) is 0 Å². The number of hydrogen-bond acceptors (Lipinski definition) is 6. The molecule has 0 fully saturated rings. The number of aromatic nitrogens is 4. The predicted octanol–water partition coefficient (Wildman–Crippen LogP) is -1.72. The largest absolute Gasteiger partial charge is 1.00 e. The number of anilines is 2. The Hall–Kier alpha value is -2.14. The highest BCUT2D eigenvalue weighted by Crippen LogP contribution is 2.19. The Balaban J connectivity index is 0.00000243. The Bertz CT molecular complexity index is 1000. The lowest BCUT2D eigenvalue weighted by molar-refractivity contribution is -0.655. The zero-order valence-electron chi connectivity index (χ0n) is 14.5. The van der Waals surface area contributed by atoms with Gasteiger partial charge < -0.3 is 40.2 Å². The lowest BCUT2D eigenvalue weighted by atomic mass is 10.2. The van der Waals surface area contributed by atoms with Crippen LogP contribution in [-0.4, -0.2) is 20.5 Å². The van der Waals surface area contributed by atoms with Crippen LogP contribution in [-0.2, 0) is 25.4 Å². The monoisotopic (exact) mass is 488 g/mol. The molecule has 138 valence electrons. The van der Waals surface area contributed by atoms with Crippen molar-refractivity contribution in [1.29, 1.82) is 0 Å². The van der Waals surface area contributed by atoms with Crippen molar-refractivity contribution in [2.45, 2.75) is 13.5 Å². The molecule has 0 bridgehead atoms. The van der Waals surface area contributed by atoms with Crippen molar-refractivity contribution in [1.82, 2.24) is 14.5 Å². The summed E-state index contributed by atoms with van der Waals surface area (Å²) in [6.07, 6.45) is 0. The summed E-state index contributed by atoms with van der Waals surface area (Å²) in [5, 5.41) is -0.0909. The zero-order valence-corrected chi connectivity index (χ0v) is 17.4. The molecule has 3 rings (SSSR count). The summed E-state index contributed by atoms with van der Waals surface area (Å²) < 4.78 is 9.29. The van der Waals surface area contributed by atoms with Gasteiger partial charge in [0, 0.05) is 0 Å². The highest BCUT2D eigenvalue weighted by atomic mass is 127. The molecule has 3 aromatic rings. The van der Waals surface area contributed by atoms with E-state index in [1.54, 1.807) is 0 Å². The number of nitrogens with two attached hydrogens (primary N) is 2. The Labute approximate surface area is 172 Å². The molecule has 8 nitrogen and oxygen atoms in total. The lowest BCUT2D eigenvalue weighted by Gasteiger charge is -2.06. The lowest BCUT2D eigenvalue weighted by Crippen LogP contribution is -3.00. The fraction of sp³-hybridized carbons (Fsp3) is 0.250. The van der Waals surface area contributed by atoms with E-state index in [1.807, 2.05) is 42.3 Å². The van der Waals surface area contributed by atoms with Gasteiger partial charge in [0.05, 0.1) is 14.1 Å². The van der Waals surface area contributed by atoms with Gasteiger partial charge in [-0.1, -0.05) is 17.7 Å². The number of nitrogen functional groups attached to an aromatic ring is 2. The van der Waals surface area contributed by atoms with Crippen LogP contribution in [0.5, 0.6) is 0 Å². The Kier molecular flexibility index (Phi) is 5.91. The maximum absolute atomic E-state index is 12.3. The minimum atomic E-state index is -0.715. The van der Waals surface area contributed by atoms with E-state index in [0.717, 1.165) is 22.4 Å². The van der Waals surface area contributed by atoms with Gasteiger partial charge in [0.15, 0.2) is 40.1 Å². The van der Waals surface area contributed by atoms with Gasteiger partial charge in [-0.3, -0.25) is 0 Å². The standard InChI is InChI=1S/C16H17ClN6O2.HI/c1-8-4-5-9-10(6-8)23(3)11(22(9)2)7-25-16(24)12-14(18)21-15(19)13(17)20-12;/h4-6H,7H2,1-3H3,(H3-,18,19,21,24);1H. The molecule has 0 atom stereocenters. The van der Waals surface area contributed by atoms with Gasteiger partial charge in [0.1, 0.15) is 0 Å². The van der Waals surface area contributed by atoms with Crippen LogP contribution in [0.1, 0.15) is 21.9 Å². The maximum Gasteiger partial charge on any atom is 0.361 e. The first kappa shape index (κ1) is 20.2. The van der Waals surface area contributed by atoms with Crippen LogP contribution in [0.15, 0.2) is 18.2 Å². The average Bonchev–Trinajstić information content (AvgIpc) is 2.79. The van der Waals surface area contributed by atoms with Crippen LogP contribution in [0, 0.1) is 6.92 Å². The van der Waals surface area contributed by atoms with Crippen molar-refractivity contribution in [3.8, 4) is 0 Å². The molecule has 0 unspecified atom stereocenters. The van der Waals surface area contributed by atoms with Crippen LogP contribution in [0.3, 0.4) is 0 Å². The van der Waals surface area contributed by atoms with E-state index in [2.05, 4.69) is 16.0 Å². The van der Waals surface area contributed by atoms with E-state index in [1.165, 1.54) is 0 Å². The second-order valence-electron chi connectivity index (χ2n) is 5.74. The minimum absolute atomic E-state index is 0. The average molecular weight is 489 g/mol. The molecule has 2 aromatic heterocycles. The van der Waals surface area contributed by atoms with Gasteiger partial charge >= 0.3 is 5.97 Å². The van der Waals surface area contributed by atoms with Crippen LogP contribution in [0.25, 0.3) is 11.0 Å². The molecule has 0 saturated heterocycles. The van der Waals surface area contributed by atoms with E-state index in [0.29, 0.717) is 0 Å². The number of benzene rings is 1. The minimum Gasteiger partial charge on any atom is -1.00 e. The first-order valence-corrected chi connectivity index (χ1v) is 7.87. The third kappa shape index (κ3) is 3.54. The Morgan fingerprint density at radius 1 is 1.31 bits per heavy atom. The van der Waals surface area contributed by atoms with Gasteiger partial charge in [-0.25, -0.2) is 23.9 Å². The van der Waals surface area contributed by atoms with Gasteiger partial charge in [-0.2, -0.15) is 0 Å². The van der Waals surface area contributed by atoms with Crippen LogP contribution in [0.2, 0.25) is 5.15 Å². The van der Waals surface area contributed by atoms with E-state index in [9.17, 15) is 4.79 Å². The number of esters is 1. The number of hydrogen-bond donors (Lipinski definition) is 2. The molecule has 1 aromatic carbocycles. The van der Waals surface area contributed by atoms with Crippen molar-refractivity contribution in [3.05, 3.63) is 40.4 Å². The smallest absolute Gasteiger partial charge is 0.361 e. The molecule has 10 heteroatoms. The third-order valence-corrected chi connectivity index (χ3v) is 4.34. The summed E-state index contributed by atoms with van der Waals surface area (Å²) in [6, 6.07) is 6.13. The highest BCUT2D eigenvalue weighted by molar-refractivity contribution is 6.31. The fourth-order valence-corrected chi connectivity index (χ4v) is 2.80. The van der Waals surface area contributed by atoms with Crippen molar-refractivity contribution in [2.24, 2.45) is 14.1 Å². The SMILES string of the molecule is Cc1ccc2c(c1)n(C)c(COC(=O)c1nc(Cl)c(N)nc1N)[n+]2C.[I-]. The quantitative estimate of drug-likeness (QED) is 0.258. The highest BCUT2D eigenvalue weighted by Gasteiger charge is 2.23. The van der Waals surface area contributed by atoms with Gasteiger partial charge in [0.25, 0.3) is 5.82 Å². The summed E-state index contributed by atoms with van der Waals surface area (Å²) in [4.78, 5) is 19.9. The molecule has 2 heterocycles. The van der Waals surface area contributed by atoms with Crippen LogP contribution >= 0.6 is 11.6 Å². The van der Waals surface area contributed by atoms with E-state index in [-0.39, 0.29) is 53.1 Å². The molecule has 4 N–H and O–H groups in total. The van der Waals surface area contributed by atoms with E-state index >= 15 is 0 Å². The number of carbonyl (C=O) groups is 1. The Morgan fingerprint density at radius 2 is 2.00 bits per heavy atom. The molecule has 0 aliphatic rings. The molecule has 0 spiro atoms. The number of aryl methyl sites for hydroxylation is 3. The number of halogens is 2. The molecular formula is C16H18ClIN6O2. The normalized spacial score (nSPS) is 10.6. The van der Waals surface area contributed by atoms with Crippen LogP contribution in [0.4, 0.5) is 11.6 Å². The van der Waals surface area contributed by atoms with Gasteiger partial charge in [-0.05, 0) is 24.6 Å². The predicted molar refractivity (Wildman–Crippen MR) is 93.8 cm³/mol. The molecular weight excluding hydrogens is 471 g/mol. The number of rotatable bonds is 3. The summed E-state index contributed by atoms with van der Waals surface area (Å²) in [5.41, 5.74) is 14.3. The molecule has 0 amide bonds. The third-order valence-electron chi connectivity index (χ3n) is 4.06. The van der Waals surface area contributed by atoms with Gasteiger partial charge in [0.2, 0.25) is 0 Å². The summed E-state index contributed by atoms with van der Waals surface area (Å²) in [5.74, 6) is -0.0644. The molecule has 0 radical (unpaired) electrons. The second kappa shape index (κ2) is 7.62.